The van der Waals surface area contributed by atoms with Gasteiger partial charge in [0.15, 0.2) is 5.82 Å². The number of hydrazine groups is 1. The molecule has 0 saturated carbocycles. The normalized spacial score (nSPS) is 18.0. The van der Waals surface area contributed by atoms with Crippen LogP contribution in [0.15, 0.2) is 66.1 Å². The highest BCUT2D eigenvalue weighted by Crippen LogP contribution is 2.33. The number of pyridine rings is 1. The lowest BCUT2D eigenvalue weighted by Crippen LogP contribution is -2.38. The fourth-order valence-corrected chi connectivity index (χ4v) is 4.59. The number of nitrogens with two attached hydrogens (primary N) is 3. The van der Waals surface area contributed by atoms with E-state index in [2.05, 4.69) is 15.6 Å². The lowest BCUT2D eigenvalue weighted by molar-refractivity contribution is -0.120. The van der Waals surface area contributed by atoms with E-state index in [1.165, 1.54) is 19.1 Å². The maximum atomic E-state index is 14.5. The van der Waals surface area contributed by atoms with Crippen LogP contribution in [0.2, 0.25) is 5.02 Å². The average molecular weight is 552 g/mol. The molecular formula is C28H31ClFN7O2. The number of rotatable bonds is 4. The fraction of sp³-hybridized carbons (Fsp3) is 0.250. The van der Waals surface area contributed by atoms with E-state index in [0.717, 1.165) is 16.1 Å². The van der Waals surface area contributed by atoms with Crippen LogP contribution in [0.3, 0.4) is 0 Å². The van der Waals surface area contributed by atoms with E-state index in [-0.39, 0.29) is 33.9 Å². The van der Waals surface area contributed by atoms with Crippen molar-refractivity contribution in [3.8, 4) is 11.1 Å². The number of amides is 2. The number of anilines is 3. The number of halogens is 2. The van der Waals surface area contributed by atoms with Gasteiger partial charge < -0.3 is 22.1 Å². The molecule has 1 aromatic heterocycles. The first-order valence-electron chi connectivity index (χ1n) is 12.5. The van der Waals surface area contributed by atoms with Crippen molar-refractivity contribution in [2.45, 2.75) is 39.2 Å². The molecule has 2 atom stereocenters. The Morgan fingerprint density at radius 3 is 2.74 bits per heavy atom. The molecule has 2 aromatic carbocycles. The maximum absolute atomic E-state index is 14.5. The number of hydrogen-bond donors (Lipinski definition) is 5. The van der Waals surface area contributed by atoms with Crippen LogP contribution in [0.5, 0.6) is 0 Å². The number of carbonyl (C=O) groups excluding carboxylic acids is 2. The van der Waals surface area contributed by atoms with Gasteiger partial charge in [-0.2, -0.15) is 0 Å². The number of nitrogens with zero attached hydrogens (tertiary/aromatic N) is 2. The Bertz CT molecular complexity index is 1450. The molecular weight excluding hydrogens is 521 g/mol. The summed E-state index contributed by atoms with van der Waals surface area (Å²) in [7, 11) is 0. The number of fused-ring (bicyclic) bond motifs is 4. The van der Waals surface area contributed by atoms with Crippen LogP contribution in [-0.2, 0) is 9.59 Å². The van der Waals surface area contributed by atoms with Gasteiger partial charge in [0.05, 0.1) is 33.8 Å². The molecule has 1 aliphatic rings. The number of aromatic nitrogens is 1. The van der Waals surface area contributed by atoms with Crippen LogP contribution in [0, 0.1) is 11.7 Å². The summed E-state index contributed by atoms with van der Waals surface area (Å²) in [6, 6.07) is 12.9. The lowest BCUT2D eigenvalue weighted by Gasteiger charge is -2.24. The Hall–Kier alpha value is -4.15. The molecule has 39 heavy (non-hydrogen) atoms. The first-order valence-corrected chi connectivity index (χ1v) is 12.9. The molecule has 3 aromatic rings. The molecule has 204 valence electrons. The van der Waals surface area contributed by atoms with Crippen molar-refractivity contribution in [3.05, 3.63) is 82.7 Å². The number of carbonyl (C=O) groups is 2. The minimum atomic E-state index is -0.727. The highest BCUT2D eigenvalue weighted by Gasteiger charge is 2.24. The molecule has 0 spiro atoms. The zero-order valence-corrected chi connectivity index (χ0v) is 22.4. The minimum absolute atomic E-state index is 0.0253. The molecule has 0 aliphatic carbocycles. The molecule has 1 aliphatic heterocycles. The van der Waals surface area contributed by atoms with Gasteiger partial charge in [-0.05, 0) is 61.7 Å². The second-order valence-corrected chi connectivity index (χ2v) is 9.97. The van der Waals surface area contributed by atoms with Crippen molar-refractivity contribution < 1.29 is 14.0 Å². The van der Waals surface area contributed by atoms with Gasteiger partial charge in [0.1, 0.15) is 5.70 Å². The summed E-state index contributed by atoms with van der Waals surface area (Å²) >= 11 is 5.88. The van der Waals surface area contributed by atoms with Crippen molar-refractivity contribution in [1.29, 1.82) is 0 Å². The van der Waals surface area contributed by atoms with E-state index < -0.39 is 17.8 Å². The molecule has 2 unspecified atom stereocenters. The van der Waals surface area contributed by atoms with Gasteiger partial charge in [-0.1, -0.05) is 37.1 Å². The fourth-order valence-electron chi connectivity index (χ4n) is 4.42. The SMILES string of the molecule is C/C(=C(/N)C(=O)NC1CCCC(C)C(=O)Nc2cc(N)ccc2-c2ccnc1c2)N(N)c1cccc(Cl)c1F. The zero-order valence-electron chi connectivity index (χ0n) is 21.7. The van der Waals surface area contributed by atoms with Gasteiger partial charge in [0, 0.05) is 23.4 Å². The maximum Gasteiger partial charge on any atom is 0.269 e. The third-order valence-corrected chi connectivity index (χ3v) is 7.11. The van der Waals surface area contributed by atoms with Crippen LogP contribution in [0.25, 0.3) is 11.1 Å². The van der Waals surface area contributed by atoms with E-state index in [0.29, 0.717) is 36.3 Å². The molecule has 0 saturated heterocycles. The van der Waals surface area contributed by atoms with Crippen LogP contribution in [-0.4, -0.2) is 16.8 Å². The second-order valence-electron chi connectivity index (χ2n) is 9.56. The largest absolute Gasteiger partial charge is 0.399 e. The van der Waals surface area contributed by atoms with Crippen LogP contribution in [0.1, 0.15) is 44.8 Å². The highest BCUT2D eigenvalue weighted by atomic mass is 35.5. The van der Waals surface area contributed by atoms with Crippen LogP contribution >= 0.6 is 11.6 Å². The number of allylic oxidation sites excluding steroid dienone is 1. The Balaban J connectivity index is 1.67. The van der Waals surface area contributed by atoms with Crippen LogP contribution < -0.4 is 33.0 Å². The van der Waals surface area contributed by atoms with E-state index in [4.69, 9.17) is 28.9 Å². The summed E-state index contributed by atoms with van der Waals surface area (Å²) in [5.41, 5.74) is 15.4. The summed E-state index contributed by atoms with van der Waals surface area (Å²) in [5, 5.41) is 6.82. The third kappa shape index (κ3) is 6.13. The highest BCUT2D eigenvalue weighted by molar-refractivity contribution is 6.31. The van der Waals surface area contributed by atoms with Gasteiger partial charge in [0.2, 0.25) is 5.91 Å². The topological polar surface area (TPSA) is 152 Å². The summed E-state index contributed by atoms with van der Waals surface area (Å²) in [6.45, 7) is 3.37. The van der Waals surface area contributed by atoms with Crippen LogP contribution in [0.4, 0.5) is 21.5 Å². The second kappa shape index (κ2) is 11.7. The summed E-state index contributed by atoms with van der Waals surface area (Å²) in [4.78, 5) is 30.7. The van der Waals surface area contributed by atoms with Crippen molar-refractivity contribution in [1.82, 2.24) is 10.3 Å². The summed E-state index contributed by atoms with van der Waals surface area (Å²) < 4.78 is 14.5. The molecule has 2 bridgehead atoms. The first-order chi connectivity index (χ1) is 18.6. The van der Waals surface area contributed by atoms with Gasteiger partial charge in [-0.15, -0.1) is 0 Å². The smallest absolute Gasteiger partial charge is 0.269 e. The zero-order chi connectivity index (χ0) is 28.3. The number of nitrogen functional groups attached to an aromatic ring is 1. The van der Waals surface area contributed by atoms with Crippen molar-refractivity contribution >= 4 is 40.5 Å². The first kappa shape index (κ1) is 27.9. The van der Waals surface area contributed by atoms with E-state index in [9.17, 15) is 14.0 Å². The number of hydrogen-bond acceptors (Lipinski definition) is 7. The molecule has 0 fully saturated rings. The quantitative estimate of drug-likeness (QED) is 0.137. The van der Waals surface area contributed by atoms with E-state index in [1.807, 2.05) is 25.1 Å². The van der Waals surface area contributed by atoms with Crippen molar-refractivity contribution in [2.24, 2.45) is 17.5 Å². The minimum Gasteiger partial charge on any atom is -0.399 e. The third-order valence-electron chi connectivity index (χ3n) is 6.82. The molecule has 4 rings (SSSR count). The number of benzene rings is 2. The molecule has 0 radical (unpaired) electrons. The van der Waals surface area contributed by atoms with Gasteiger partial charge in [-0.3, -0.25) is 19.6 Å². The molecule has 9 nitrogen and oxygen atoms in total. The lowest BCUT2D eigenvalue weighted by atomic mass is 9.95. The monoisotopic (exact) mass is 551 g/mol. The van der Waals surface area contributed by atoms with Crippen molar-refractivity contribution in [2.75, 3.05) is 16.1 Å². The van der Waals surface area contributed by atoms with E-state index >= 15 is 0 Å². The molecule has 2 amide bonds. The van der Waals surface area contributed by atoms with E-state index in [1.54, 1.807) is 24.4 Å². The Morgan fingerprint density at radius 2 is 1.97 bits per heavy atom. The number of nitrogens with one attached hydrogen (secondary N) is 2. The summed E-state index contributed by atoms with van der Waals surface area (Å²) in [6.07, 6.45) is 3.38. The molecule has 8 N–H and O–H groups in total. The molecule has 11 heteroatoms. The molecule has 2 heterocycles. The van der Waals surface area contributed by atoms with Gasteiger partial charge in [0.25, 0.3) is 5.91 Å². The summed E-state index contributed by atoms with van der Waals surface area (Å²) in [5.74, 6) is 4.39. The predicted octanol–water partition coefficient (Wildman–Crippen LogP) is 4.61. The Labute approximate surface area is 231 Å². The average Bonchev–Trinajstić information content (AvgIpc) is 2.92. The predicted molar refractivity (Wildman–Crippen MR) is 152 cm³/mol. The van der Waals surface area contributed by atoms with Gasteiger partial charge in [-0.25, -0.2) is 10.2 Å². The van der Waals surface area contributed by atoms with Gasteiger partial charge >= 0.3 is 0 Å². The standard InChI is InChI=1S/C28H31ClFN7O2/c1-15-5-3-7-21(35-28(39)26(32)16(2)37(33)24-8-4-6-20(29)25(24)30)23-13-17(11-12-34-23)19-10-9-18(31)14-22(19)36-27(15)38/h4,6,8-15,21H,3,5,7,31-33H2,1-2H3,(H,35,39)(H,36,38)/b26-16-. The Morgan fingerprint density at radius 1 is 1.21 bits per heavy atom. The Kier molecular flexibility index (Phi) is 8.37. The van der Waals surface area contributed by atoms with Crippen molar-refractivity contribution in [3.63, 3.8) is 0 Å².